The molecule has 0 aliphatic rings. The second-order valence-electron chi connectivity index (χ2n) is 20.2. The van der Waals surface area contributed by atoms with Gasteiger partial charge in [-0.2, -0.15) is 4.40 Å². The van der Waals surface area contributed by atoms with E-state index in [1.807, 2.05) is 134 Å². The summed E-state index contributed by atoms with van der Waals surface area (Å²) in [5.74, 6) is 4.82. The predicted octanol–water partition coefficient (Wildman–Crippen LogP) is 10.3. The second kappa shape index (κ2) is 14.2. The molecule has 15 aromatic heterocycles. The normalized spacial score (nSPS) is 12.8. The number of rotatable bonds is 4. The van der Waals surface area contributed by atoms with Crippen molar-refractivity contribution in [2.45, 2.75) is 0 Å². The van der Waals surface area contributed by atoms with Gasteiger partial charge in [-0.3, -0.25) is 45.8 Å². The lowest BCUT2D eigenvalue weighted by Gasteiger charge is -2.11. The number of para-hydroxylation sites is 10. The van der Waals surface area contributed by atoms with Gasteiger partial charge in [0.2, 0.25) is 23.1 Å². The van der Waals surface area contributed by atoms with Crippen LogP contribution < -0.4 is 4.98 Å². The molecule has 0 saturated heterocycles. The molecule has 372 valence electrons. The molecule has 0 aliphatic carbocycles. The maximum atomic E-state index is 5.76. The van der Waals surface area contributed by atoms with Crippen molar-refractivity contribution in [3.63, 3.8) is 0 Å². The number of pyridine rings is 5. The van der Waals surface area contributed by atoms with E-state index in [4.69, 9.17) is 39.9 Å². The molecule has 20 aromatic rings. The lowest BCUT2D eigenvalue weighted by Crippen LogP contribution is -2.06. The molecule has 5 aromatic carbocycles. The van der Waals surface area contributed by atoms with Gasteiger partial charge in [-0.1, -0.05) is 60.7 Å². The largest absolute Gasteiger partial charge is 0.366 e. The Hall–Kier alpha value is -11.8. The minimum atomic E-state index is 0.613. The van der Waals surface area contributed by atoms with E-state index in [2.05, 4.69) is 110 Å². The molecule has 0 radical (unpaired) electrons. The fourth-order valence-electron chi connectivity index (χ4n) is 12.9. The molecule has 20 rings (SSSR count). The van der Waals surface area contributed by atoms with Gasteiger partial charge in [0.1, 0.15) is 33.6 Å². The van der Waals surface area contributed by atoms with Gasteiger partial charge in [0.05, 0.1) is 90.5 Å². The summed E-state index contributed by atoms with van der Waals surface area (Å²) in [6, 6.07) is 51.4. The number of nitrogens with one attached hydrogen (secondary N) is 2. The molecule has 0 fully saturated rings. The van der Waals surface area contributed by atoms with Gasteiger partial charge in [-0.05, 0) is 91.0 Å². The van der Waals surface area contributed by atoms with Crippen LogP contribution >= 0.6 is 0 Å². The highest BCUT2D eigenvalue weighted by molar-refractivity contribution is 6.02. The molecule has 0 atom stereocenters. The average molecular weight is 1030 g/mol. The molecule has 15 heterocycles. The van der Waals surface area contributed by atoms with E-state index in [0.717, 1.165) is 111 Å². The van der Waals surface area contributed by atoms with Crippen LogP contribution in [0.3, 0.4) is 0 Å². The summed E-state index contributed by atoms with van der Waals surface area (Å²) in [4.78, 5) is 54.4. The van der Waals surface area contributed by atoms with Crippen molar-refractivity contribution in [1.29, 1.82) is 0 Å². The van der Waals surface area contributed by atoms with Gasteiger partial charge in [-0.15, -0.1) is 0 Å². The van der Waals surface area contributed by atoms with Crippen LogP contribution in [0.2, 0.25) is 0 Å². The molecule has 0 aliphatic heterocycles. The van der Waals surface area contributed by atoms with Gasteiger partial charge >= 0.3 is 5.78 Å². The fraction of sp³-hybridized carbons (Fsp3) is 0. The van der Waals surface area contributed by atoms with Crippen molar-refractivity contribution in [2.75, 3.05) is 0 Å². The maximum Gasteiger partial charge on any atom is 0.366 e. The minimum absolute atomic E-state index is 0.613. The van der Waals surface area contributed by atoms with Gasteiger partial charge in [0.25, 0.3) is 0 Å². The Labute approximate surface area is 444 Å². The zero-order valence-electron chi connectivity index (χ0n) is 41.4. The SMILES string of the molecule is c1ccc2c(c1)nc1n(-c3nccc4c3n(-c3ccc5c(n3)n(-c3ccnc6c3nc3n(-c7cncc8c7[nH]c7[nH+]c9ccccc9n78)c7ccccc7n63)c3nc6ccccc6n53)c3nc5ccccc5n43)c3ccncc3n21. The van der Waals surface area contributed by atoms with E-state index in [0.29, 0.717) is 51.6 Å². The third kappa shape index (κ3) is 4.84. The summed E-state index contributed by atoms with van der Waals surface area (Å²) >= 11 is 0. The zero-order valence-corrected chi connectivity index (χ0v) is 41.4. The second-order valence-corrected chi connectivity index (χ2v) is 20.2. The zero-order chi connectivity index (χ0) is 51.6. The monoisotopic (exact) mass is 1030 g/mol. The highest BCUT2D eigenvalue weighted by Gasteiger charge is 2.30. The molecule has 0 bridgehead atoms. The van der Waals surface area contributed by atoms with E-state index in [-0.39, 0.29) is 0 Å². The van der Waals surface area contributed by atoms with Crippen LogP contribution in [0.1, 0.15) is 0 Å². The lowest BCUT2D eigenvalue weighted by molar-refractivity contribution is -0.314. The molecular weight excluding hydrogens is 1000 g/mol. The Morgan fingerprint density at radius 1 is 0.362 bits per heavy atom. The summed E-state index contributed by atoms with van der Waals surface area (Å²) in [6.45, 7) is 0. The van der Waals surface area contributed by atoms with E-state index in [1.54, 1.807) is 0 Å². The van der Waals surface area contributed by atoms with Crippen LogP contribution in [0.4, 0.5) is 0 Å². The fourth-order valence-corrected chi connectivity index (χ4v) is 12.9. The van der Waals surface area contributed by atoms with Crippen molar-refractivity contribution in [3.8, 4) is 23.0 Å². The van der Waals surface area contributed by atoms with Crippen molar-refractivity contribution < 1.29 is 4.98 Å². The molecule has 0 amide bonds. The quantitative estimate of drug-likeness (QED) is 0.179. The number of fused-ring (bicyclic) bond motifs is 25. The van der Waals surface area contributed by atoms with E-state index in [1.165, 1.54) is 0 Å². The van der Waals surface area contributed by atoms with Crippen molar-refractivity contribution >= 4 is 139 Å². The van der Waals surface area contributed by atoms with Crippen LogP contribution in [-0.4, -0.2) is 90.1 Å². The maximum absolute atomic E-state index is 5.76. The molecule has 80 heavy (non-hydrogen) atoms. The first-order valence-electron chi connectivity index (χ1n) is 26.0. The first-order chi connectivity index (χ1) is 39.7. The van der Waals surface area contributed by atoms with Crippen molar-refractivity contribution in [1.82, 2.24) is 90.1 Å². The number of hydrogen-bond donors (Lipinski definition) is 1. The highest BCUT2D eigenvalue weighted by atomic mass is 15.3. The summed E-state index contributed by atoms with van der Waals surface area (Å²) < 4.78 is 19.4. The lowest BCUT2D eigenvalue weighted by atomic mass is 10.3. The van der Waals surface area contributed by atoms with Gasteiger partial charge < -0.3 is 0 Å². The van der Waals surface area contributed by atoms with Crippen molar-refractivity contribution in [2.24, 2.45) is 0 Å². The Morgan fingerprint density at radius 3 is 1.76 bits per heavy atom. The number of imidazole rings is 10. The first kappa shape index (κ1) is 40.5. The molecule has 20 heteroatoms. The number of H-pyrrole nitrogens is 2. The molecule has 0 saturated carbocycles. The third-order valence-electron chi connectivity index (χ3n) is 16.1. The minimum Gasteiger partial charge on any atom is -0.276 e. The van der Waals surface area contributed by atoms with E-state index >= 15 is 0 Å². The molecule has 0 spiro atoms. The number of hydrogen-bond acceptors (Lipinski definition) is 9. The molecular formula is C60H33N20+. The van der Waals surface area contributed by atoms with Crippen LogP contribution in [0.15, 0.2) is 189 Å². The average Bonchev–Trinajstić information content (AvgIpc) is 3.89. The van der Waals surface area contributed by atoms with Gasteiger partial charge in [0, 0.05) is 18.6 Å². The summed E-state index contributed by atoms with van der Waals surface area (Å²) in [6.07, 6.45) is 11.2. The van der Waals surface area contributed by atoms with Crippen LogP contribution in [0, 0.1) is 0 Å². The highest BCUT2D eigenvalue weighted by Crippen LogP contribution is 2.39. The third-order valence-corrected chi connectivity index (χ3v) is 16.1. The van der Waals surface area contributed by atoms with Crippen LogP contribution in [0.25, 0.3) is 162 Å². The molecule has 2 N–H and O–H groups in total. The van der Waals surface area contributed by atoms with E-state index < -0.39 is 0 Å². The van der Waals surface area contributed by atoms with Gasteiger partial charge in [-0.25, -0.2) is 44.9 Å². The van der Waals surface area contributed by atoms with Crippen LogP contribution in [-0.2, 0) is 0 Å². The number of benzene rings is 5. The molecule has 0 unspecified atom stereocenters. The summed E-state index contributed by atoms with van der Waals surface area (Å²) in [5, 5.41) is 0. The Morgan fingerprint density at radius 2 is 0.975 bits per heavy atom. The molecule has 20 nitrogen and oxygen atoms in total. The topological polar surface area (TPSA) is 188 Å². The number of aromatic amines is 2. The van der Waals surface area contributed by atoms with Crippen LogP contribution in [0.5, 0.6) is 0 Å². The van der Waals surface area contributed by atoms with E-state index in [9.17, 15) is 0 Å². The number of aromatic nitrogens is 20. The Kier molecular flexibility index (Phi) is 7.17. The van der Waals surface area contributed by atoms with Crippen molar-refractivity contribution in [3.05, 3.63) is 189 Å². The predicted molar refractivity (Wildman–Crippen MR) is 305 cm³/mol. The first-order valence-corrected chi connectivity index (χ1v) is 26.0. The van der Waals surface area contributed by atoms with Gasteiger partial charge in [0.15, 0.2) is 28.1 Å². The Balaban J connectivity index is 0.885. The number of nitrogens with zero attached hydrogens (tertiary/aromatic N) is 18. The standard InChI is InChI=1S/C60H32N20/c1-5-15-36-32(11-1)65-56-70-50-47(72(36)56)30-62-31-48(50)76-40-19-9-10-20-41(40)77-54-51(71-60(76)77)43(24-27-63-54)79-53-45(74-38-17-7-3-13-34(38)66-57(74)79)21-22-49(69-53)80-52-44(73-37-16-6-2-12-33(37)68-59(73)80)25-28-64-55(52)78-42-23-26-61-29-46(42)75-39-18-8-4-14-35(39)67-58(75)78/h1-31H,(H,65,70)/p+1. The smallest absolute Gasteiger partial charge is 0.276 e. The summed E-state index contributed by atoms with van der Waals surface area (Å²) in [5.41, 5.74) is 19.1. The Bertz CT molecular complexity index is 6140. The summed E-state index contributed by atoms with van der Waals surface area (Å²) in [7, 11) is 0.